The third-order valence-corrected chi connectivity index (χ3v) is 3.24. The Kier molecular flexibility index (Phi) is 4.47. The Morgan fingerprint density at radius 2 is 2.00 bits per heavy atom. The van der Waals surface area contributed by atoms with Gasteiger partial charge >= 0.3 is 0 Å². The summed E-state index contributed by atoms with van der Waals surface area (Å²) >= 11 is 3.06. The summed E-state index contributed by atoms with van der Waals surface area (Å²) in [6.45, 7) is 5.81. The molecule has 0 saturated heterocycles. The Morgan fingerprint density at radius 3 is 2.50 bits per heavy atom. The van der Waals surface area contributed by atoms with Crippen molar-refractivity contribution in [3.05, 3.63) is 28.5 Å². The van der Waals surface area contributed by atoms with Crippen LogP contribution in [-0.4, -0.2) is 5.91 Å². The van der Waals surface area contributed by atoms with Crippen LogP contribution < -0.4 is 5.32 Å². The number of carbonyl (C=O) groups is 1. The van der Waals surface area contributed by atoms with E-state index in [0.29, 0.717) is 10.2 Å². The van der Waals surface area contributed by atoms with E-state index in [1.54, 1.807) is 12.1 Å². The van der Waals surface area contributed by atoms with Crippen molar-refractivity contribution in [2.45, 2.75) is 20.8 Å². The third kappa shape index (κ3) is 3.30. The van der Waals surface area contributed by atoms with E-state index >= 15 is 0 Å². The molecule has 0 spiro atoms. The monoisotopic (exact) mass is 287 g/mol. The van der Waals surface area contributed by atoms with Crippen LogP contribution in [0.2, 0.25) is 0 Å². The predicted octanol–water partition coefficient (Wildman–Crippen LogP) is 3.82. The van der Waals surface area contributed by atoms with Crippen molar-refractivity contribution in [2.75, 3.05) is 5.32 Å². The summed E-state index contributed by atoms with van der Waals surface area (Å²) in [7, 11) is 0. The van der Waals surface area contributed by atoms with Gasteiger partial charge in [-0.15, -0.1) is 0 Å². The quantitative estimate of drug-likeness (QED) is 0.900. The number of hydrogen-bond acceptors (Lipinski definition) is 1. The molecule has 0 fully saturated rings. The number of amides is 1. The van der Waals surface area contributed by atoms with E-state index < -0.39 is 0 Å². The fourth-order valence-electron chi connectivity index (χ4n) is 1.13. The molecule has 1 unspecified atom stereocenters. The fraction of sp³-hybridized carbons (Fsp3) is 0.417. The Labute approximate surface area is 103 Å². The van der Waals surface area contributed by atoms with E-state index in [2.05, 4.69) is 21.2 Å². The van der Waals surface area contributed by atoms with Gasteiger partial charge in [-0.25, -0.2) is 4.39 Å². The van der Waals surface area contributed by atoms with Gasteiger partial charge in [0.15, 0.2) is 0 Å². The first-order valence-electron chi connectivity index (χ1n) is 5.17. The topological polar surface area (TPSA) is 29.1 Å². The molecule has 88 valence electrons. The molecule has 1 aromatic carbocycles. The van der Waals surface area contributed by atoms with Crippen molar-refractivity contribution in [3.63, 3.8) is 0 Å². The summed E-state index contributed by atoms with van der Waals surface area (Å²) < 4.78 is 13.6. The number of rotatable bonds is 3. The second-order valence-electron chi connectivity index (χ2n) is 4.15. The molecule has 0 radical (unpaired) electrons. The van der Waals surface area contributed by atoms with E-state index in [4.69, 9.17) is 0 Å². The lowest BCUT2D eigenvalue weighted by Gasteiger charge is -2.15. The maximum Gasteiger partial charge on any atom is 0.227 e. The highest BCUT2D eigenvalue weighted by molar-refractivity contribution is 9.10. The third-order valence-electron chi connectivity index (χ3n) is 2.60. The number of halogens is 2. The first-order valence-corrected chi connectivity index (χ1v) is 5.97. The standard InChI is InChI=1S/C12H15BrFNO/c1-7(2)8(3)12(16)15-9-4-5-10(13)11(14)6-9/h4-8H,1-3H3,(H,15,16). The number of benzene rings is 1. The van der Waals surface area contributed by atoms with Crippen molar-refractivity contribution in [1.82, 2.24) is 0 Å². The molecule has 1 aromatic rings. The smallest absolute Gasteiger partial charge is 0.227 e. The first kappa shape index (κ1) is 13.2. The largest absolute Gasteiger partial charge is 0.326 e. The highest BCUT2D eigenvalue weighted by Gasteiger charge is 2.16. The van der Waals surface area contributed by atoms with E-state index in [0.717, 1.165) is 0 Å². The summed E-state index contributed by atoms with van der Waals surface area (Å²) in [5, 5.41) is 2.69. The maximum absolute atomic E-state index is 13.2. The zero-order valence-electron chi connectivity index (χ0n) is 9.55. The van der Waals surface area contributed by atoms with Gasteiger partial charge in [-0.05, 0) is 40.0 Å². The minimum Gasteiger partial charge on any atom is -0.326 e. The summed E-state index contributed by atoms with van der Waals surface area (Å²) in [5.74, 6) is -0.293. The molecule has 0 aliphatic carbocycles. The summed E-state index contributed by atoms with van der Waals surface area (Å²) in [4.78, 5) is 11.7. The average molecular weight is 288 g/mol. The van der Waals surface area contributed by atoms with Crippen molar-refractivity contribution in [1.29, 1.82) is 0 Å². The fourth-order valence-corrected chi connectivity index (χ4v) is 1.38. The van der Waals surface area contributed by atoms with E-state index in [9.17, 15) is 9.18 Å². The van der Waals surface area contributed by atoms with Gasteiger partial charge in [0.25, 0.3) is 0 Å². The molecule has 0 aliphatic rings. The van der Waals surface area contributed by atoms with Crippen LogP contribution in [0.3, 0.4) is 0 Å². The van der Waals surface area contributed by atoms with Crippen molar-refractivity contribution in [3.8, 4) is 0 Å². The molecule has 0 aliphatic heterocycles. The molecule has 4 heteroatoms. The lowest BCUT2D eigenvalue weighted by Crippen LogP contribution is -2.24. The van der Waals surface area contributed by atoms with Crippen LogP contribution in [0.5, 0.6) is 0 Å². The van der Waals surface area contributed by atoms with Gasteiger partial charge in [0, 0.05) is 11.6 Å². The van der Waals surface area contributed by atoms with Crippen LogP contribution in [0.1, 0.15) is 20.8 Å². The molecule has 1 amide bonds. The molecule has 0 bridgehead atoms. The van der Waals surface area contributed by atoms with E-state index in [1.165, 1.54) is 6.07 Å². The van der Waals surface area contributed by atoms with Crippen molar-refractivity contribution < 1.29 is 9.18 Å². The summed E-state index contributed by atoms with van der Waals surface area (Å²) in [6, 6.07) is 4.54. The van der Waals surface area contributed by atoms with Gasteiger partial charge in [0.2, 0.25) is 5.91 Å². The highest BCUT2D eigenvalue weighted by atomic mass is 79.9. The summed E-state index contributed by atoms with van der Waals surface area (Å²) in [6.07, 6.45) is 0. The molecule has 2 nitrogen and oxygen atoms in total. The molecule has 1 rings (SSSR count). The van der Waals surface area contributed by atoms with Crippen molar-refractivity contribution >= 4 is 27.5 Å². The van der Waals surface area contributed by atoms with Gasteiger partial charge in [0.1, 0.15) is 5.82 Å². The normalized spacial score (nSPS) is 12.6. The van der Waals surface area contributed by atoms with Crippen LogP contribution in [0.4, 0.5) is 10.1 Å². The van der Waals surface area contributed by atoms with Gasteiger partial charge < -0.3 is 5.32 Å². The molecular formula is C12H15BrFNO. The zero-order valence-corrected chi connectivity index (χ0v) is 11.1. The number of anilines is 1. The lowest BCUT2D eigenvalue weighted by atomic mass is 9.97. The molecular weight excluding hydrogens is 273 g/mol. The first-order chi connectivity index (χ1) is 7.41. The highest BCUT2D eigenvalue weighted by Crippen LogP contribution is 2.20. The minimum absolute atomic E-state index is 0.0864. The zero-order chi connectivity index (χ0) is 12.3. The van der Waals surface area contributed by atoms with Crippen LogP contribution in [0, 0.1) is 17.7 Å². The maximum atomic E-state index is 13.2. The molecule has 0 aromatic heterocycles. The molecule has 0 saturated carbocycles. The SMILES string of the molecule is CC(C)C(C)C(=O)Nc1ccc(Br)c(F)c1. The summed E-state index contributed by atoms with van der Waals surface area (Å²) in [5.41, 5.74) is 0.484. The molecule has 1 atom stereocenters. The minimum atomic E-state index is -0.380. The Hall–Kier alpha value is -0.900. The van der Waals surface area contributed by atoms with E-state index in [-0.39, 0.29) is 23.6 Å². The van der Waals surface area contributed by atoms with Gasteiger partial charge in [0.05, 0.1) is 4.47 Å². The van der Waals surface area contributed by atoms with E-state index in [1.807, 2.05) is 20.8 Å². The molecule has 0 heterocycles. The van der Waals surface area contributed by atoms with Crippen LogP contribution in [0.25, 0.3) is 0 Å². The number of hydrogen-bond donors (Lipinski definition) is 1. The number of nitrogens with one attached hydrogen (secondary N) is 1. The Balaban J connectivity index is 2.74. The molecule has 16 heavy (non-hydrogen) atoms. The number of carbonyl (C=O) groups excluding carboxylic acids is 1. The average Bonchev–Trinajstić information content (AvgIpc) is 2.22. The van der Waals surface area contributed by atoms with Crippen LogP contribution in [-0.2, 0) is 4.79 Å². The second-order valence-corrected chi connectivity index (χ2v) is 5.01. The van der Waals surface area contributed by atoms with Gasteiger partial charge in [-0.1, -0.05) is 20.8 Å². The van der Waals surface area contributed by atoms with Gasteiger partial charge in [-0.3, -0.25) is 4.79 Å². The Morgan fingerprint density at radius 1 is 1.38 bits per heavy atom. The second kappa shape index (κ2) is 5.43. The van der Waals surface area contributed by atoms with Gasteiger partial charge in [-0.2, -0.15) is 0 Å². The lowest BCUT2D eigenvalue weighted by molar-refractivity contribution is -0.120. The predicted molar refractivity (Wildman–Crippen MR) is 66.7 cm³/mol. The Bertz CT molecular complexity index is 393. The molecule has 1 N–H and O–H groups in total. The van der Waals surface area contributed by atoms with Crippen molar-refractivity contribution in [2.24, 2.45) is 11.8 Å². The van der Waals surface area contributed by atoms with Crippen LogP contribution >= 0.6 is 15.9 Å². The van der Waals surface area contributed by atoms with Crippen LogP contribution in [0.15, 0.2) is 22.7 Å².